The van der Waals surface area contributed by atoms with Gasteiger partial charge in [0.1, 0.15) is 25.1 Å². The van der Waals surface area contributed by atoms with Crippen LogP contribution < -0.4 is 19.1 Å². The lowest BCUT2D eigenvalue weighted by molar-refractivity contribution is -0.122. The molecule has 0 saturated carbocycles. The zero-order valence-electron chi connectivity index (χ0n) is 16.4. The van der Waals surface area contributed by atoms with E-state index in [9.17, 15) is 17.6 Å². The van der Waals surface area contributed by atoms with E-state index in [-0.39, 0.29) is 5.69 Å². The summed E-state index contributed by atoms with van der Waals surface area (Å²) in [6.45, 7) is 4.17. The largest absolute Gasteiger partial charge is 0.486 e. The Kier molecular flexibility index (Phi) is 5.97. The molecule has 2 atom stereocenters. The molecule has 0 unspecified atom stereocenters. The van der Waals surface area contributed by atoms with E-state index < -0.39 is 33.8 Å². The molecule has 1 aliphatic rings. The Hall–Kier alpha value is -2.81. The second-order valence-electron chi connectivity index (χ2n) is 6.85. The third-order valence-electron chi connectivity index (χ3n) is 4.58. The highest BCUT2D eigenvalue weighted by Gasteiger charge is 2.30. The molecular weight excluding hydrogens is 399 g/mol. The third-order valence-corrected chi connectivity index (χ3v) is 5.82. The van der Waals surface area contributed by atoms with E-state index in [1.54, 1.807) is 19.1 Å². The number of carbonyl (C=O) groups is 1. The Morgan fingerprint density at radius 1 is 1.10 bits per heavy atom. The van der Waals surface area contributed by atoms with Gasteiger partial charge >= 0.3 is 0 Å². The Bertz CT molecular complexity index is 1010. The Morgan fingerprint density at radius 3 is 2.45 bits per heavy atom. The number of rotatable bonds is 6. The van der Waals surface area contributed by atoms with Crippen LogP contribution in [0.15, 0.2) is 42.5 Å². The molecular formula is C20H23FN2O5S. The van der Waals surface area contributed by atoms with Crippen molar-refractivity contribution in [1.29, 1.82) is 0 Å². The maximum Gasteiger partial charge on any atom is 0.244 e. The number of sulfonamides is 1. The molecule has 2 aromatic rings. The maximum absolute atomic E-state index is 13.6. The molecule has 0 aliphatic carbocycles. The summed E-state index contributed by atoms with van der Waals surface area (Å²) in [5.41, 5.74) is 0.869. The minimum Gasteiger partial charge on any atom is -0.486 e. The number of nitrogens with one attached hydrogen (secondary N) is 1. The Morgan fingerprint density at radius 2 is 1.79 bits per heavy atom. The number of ether oxygens (including phenoxy) is 2. The highest BCUT2D eigenvalue weighted by atomic mass is 32.2. The van der Waals surface area contributed by atoms with Crippen molar-refractivity contribution >= 4 is 21.6 Å². The lowest BCUT2D eigenvalue weighted by atomic mass is 10.1. The van der Waals surface area contributed by atoms with Gasteiger partial charge in [-0.25, -0.2) is 12.8 Å². The van der Waals surface area contributed by atoms with E-state index >= 15 is 0 Å². The summed E-state index contributed by atoms with van der Waals surface area (Å²) in [5, 5.41) is 2.80. The van der Waals surface area contributed by atoms with E-state index in [0.29, 0.717) is 24.7 Å². The lowest BCUT2D eigenvalue weighted by Crippen LogP contribution is -2.48. The number of fused-ring (bicyclic) bond motifs is 1. The average Bonchev–Trinajstić information content (AvgIpc) is 2.66. The molecule has 0 saturated heterocycles. The van der Waals surface area contributed by atoms with Crippen LogP contribution in [0.25, 0.3) is 0 Å². The zero-order chi connectivity index (χ0) is 21.2. The number of amides is 1. The van der Waals surface area contributed by atoms with Crippen molar-refractivity contribution in [1.82, 2.24) is 5.32 Å². The van der Waals surface area contributed by atoms with Gasteiger partial charge in [-0.2, -0.15) is 0 Å². The Labute approximate surface area is 169 Å². The summed E-state index contributed by atoms with van der Waals surface area (Å²) in [6, 6.07) is 9.00. The highest BCUT2D eigenvalue weighted by molar-refractivity contribution is 7.92. The molecule has 0 aromatic heterocycles. The number of halogens is 1. The highest BCUT2D eigenvalue weighted by Crippen LogP contribution is 2.32. The molecule has 1 amide bonds. The standard InChI is InChI=1S/C20H23FN2O5S/c1-13(15-7-8-18-19(11-15)28-10-9-27-18)22-20(24)14(2)23(29(3,25)26)17-6-4-5-16(21)12-17/h4-8,11-14H,9-10H2,1-3H3,(H,22,24)/t13-,14+/m1/s1. The predicted octanol–water partition coefficient (Wildman–Crippen LogP) is 2.63. The van der Waals surface area contributed by atoms with Crippen molar-refractivity contribution in [2.45, 2.75) is 25.9 Å². The molecule has 29 heavy (non-hydrogen) atoms. The van der Waals surface area contributed by atoms with Gasteiger partial charge in [0.25, 0.3) is 0 Å². The Balaban J connectivity index is 1.79. The van der Waals surface area contributed by atoms with E-state index in [2.05, 4.69) is 5.32 Å². The molecule has 156 valence electrons. The van der Waals surface area contributed by atoms with E-state index in [4.69, 9.17) is 9.47 Å². The van der Waals surface area contributed by atoms with Gasteiger partial charge in [0.05, 0.1) is 18.0 Å². The topological polar surface area (TPSA) is 84.9 Å². The van der Waals surface area contributed by atoms with Gasteiger partial charge in [-0.1, -0.05) is 12.1 Å². The monoisotopic (exact) mass is 422 g/mol. The third kappa shape index (κ3) is 4.79. The fourth-order valence-corrected chi connectivity index (χ4v) is 4.34. The second-order valence-corrected chi connectivity index (χ2v) is 8.71. The van der Waals surface area contributed by atoms with Gasteiger partial charge in [0.15, 0.2) is 11.5 Å². The van der Waals surface area contributed by atoms with Crippen molar-refractivity contribution in [2.24, 2.45) is 0 Å². The summed E-state index contributed by atoms with van der Waals surface area (Å²) in [7, 11) is -3.82. The number of anilines is 1. The van der Waals surface area contributed by atoms with Crippen LogP contribution in [0.2, 0.25) is 0 Å². The molecule has 0 fully saturated rings. The van der Waals surface area contributed by atoms with Crippen molar-refractivity contribution < 1.29 is 27.1 Å². The van der Waals surface area contributed by atoms with Gasteiger partial charge in [0.2, 0.25) is 15.9 Å². The van der Waals surface area contributed by atoms with Crippen LogP contribution in [0.4, 0.5) is 10.1 Å². The van der Waals surface area contributed by atoms with Crippen molar-refractivity contribution in [3.8, 4) is 11.5 Å². The van der Waals surface area contributed by atoms with Gasteiger partial charge in [-0.05, 0) is 49.7 Å². The molecule has 1 N–H and O–H groups in total. The number of hydrogen-bond donors (Lipinski definition) is 1. The normalized spacial score (nSPS) is 15.3. The van der Waals surface area contributed by atoms with E-state index in [0.717, 1.165) is 22.2 Å². The molecule has 1 heterocycles. The number of carbonyl (C=O) groups excluding carboxylic acids is 1. The minimum absolute atomic E-state index is 0.0853. The molecule has 2 aromatic carbocycles. The van der Waals surface area contributed by atoms with Crippen molar-refractivity contribution in [2.75, 3.05) is 23.8 Å². The van der Waals surface area contributed by atoms with Crippen LogP contribution in [-0.2, 0) is 14.8 Å². The molecule has 0 bridgehead atoms. The lowest BCUT2D eigenvalue weighted by Gasteiger charge is -2.29. The number of hydrogen-bond acceptors (Lipinski definition) is 5. The van der Waals surface area contributed by atoms with Crippen LogP contribution in [0, 0.1) is 5.82 Å². The minimum atomic E-state index is -3.82. The first-order valence-corrected chi connectivity index (χ1v) is 11.0. The van der Waals surface area contributed by atoms with Gasteiger partial charge < -0.3 is 14.8 Å². The van der Waals surface area contributed by atoms with Crippen LogP contribution in [0.5, 0.6) is 11.5 Å². The average molecular weight is 422 g/mol. The number of nitrogens with zero attached hydrogens (tertiary/aromatic N) is 1. The SMILES string of the molecule is C[C@@H](NC(=O)[C@H](C)N(c1cccc(F)c1)S(C)(=O)=O)c1ccc2c(c1)OCCO2. The van der Waals surface area contributed by atoms with Gasteiger partial charge in [-0.3, -0.25) is 9.10 Å². The second kappa shape index (κ2) is 8.28. The molecule has 0 spiro atoms. The quantitative estimate of drug-likeness (QED) is 0.774. The van der Waals surface area contributed by atoms with Crippen molar-refractivity contribution in [3.05, 3.63) is 53.8 Å². The van der Waals surface area contributed by atoms with Crippen LogP contribution in [0.1, 0.15) is 25.5 Å². The summed E-state index contributed by atoms with van der Waals surface area (Å²) < 4.78 is 50.2. The molecule has 3 rings (SSSR count). The number of benzene rings is 2. The summed E-state index contributed by atoms with van der Waals surface area (Å²) in [6.07, 6.45) is 0.978. The van der Waals surface area contributed by atoms with Crippen LogP contribution in [0.3, 0.4) is 0 Å². The summed E-state index contributed by atoms with van der Waals surface area (Å²) >= 11 is 0. The van der Waals surface area contributed by atoms with Crippen LogP contribution >= 0.6 is 0 Å². The molecule has 0 radical (unpaired) electrons. The van der Waals surface area contributed by atoms with Crippen LogP contribution in [-0.4, -0.2) is 39.8 Å². The maximum atomic E-state index is 13.6. The first-order chi connectivity index (χ1) is 13.7. The van der Waals surface area contributed by atoms with Crippen molar-refractivity contribution in [3.63, 3.8) is 0 Å². The fraction of sp³-hybridized carbons (Fsp3) is 0.350. The fourth-order valence-electron chi connectivity index (χ4n) is 3.17. The molecule has 7 nitrogen and oxygen atoms in total. The summed E-state index contributed by atoms with van der Waals surface area (Å²) in [4.78, 5) is 12.8. The summed E-state index contributed by atoms with van der Waals surface area (Å²) in [5.74, 6) is 0.136. The molecule has 9 heteroatoms. The molecule has 1 aliphatic heterocycles. The first-order valence-electron chi connectivity index (χ1n) is 9.11. The van der Waals surface area contributed by atoms with E-state index in [1.165, 1.54) is 25.1 Å². The zero-order valence-corrected chi connectivity index (χ0v) is 17.2. The first kappa shape index (κ1) is 20.9. The van der Waals surface area contributed by atoms with Gasteiger partial charge in [-0.15, -0.1) is 0 Å². The van der Waals surface area contributed by atoms with E-state index in [1.807, 2.05) is 6.07 Å². The smallest absolute Gasteiger partial charge is 0.244 e. The van der Waals surface area contributed by atoms with Gasteiger partial charge in [0, 0.05) is 0 Å². The predicted molar refractivity (Wildman–Crippen MR) is 107 cm³/mol.